The van der Waals surface area contributed by atoms with Crippen molar-refractivity contribution in [1.29, 1.82) is 5.26 Å². The van der Waals surface area contributed by atoms with Crippen molar-refractivity contribution in [3.05, 3.63) is 64.0 Å². The highest BCUT2D eigenvalue weighted by Crippen LogP contribution is 2.42. The number of carbonyl (C=O) groups excluding carboxylic acids is 1. The van der Waals surface area contributed by atoms with E-state index in [9.17, 15) is 10.1 Å². The average Bonchev–Trinajstić information content (AvgIpc) is 3.64. The molecule has 11 heteroatoms. The fourth-order valence-electron chi connectivity index (χ4n) is 7.57. The monoisotopic (exact) mass is 663 g/mol. The summed E-state index contributed by atoms with van der Waals surface area (Å²) < 4.78 is 16.9. The Kier molecular flexibility index (Phi) is 8.71. The summed E-state index contributed by atoms with van der Waals surface area (Å²) in [6.07, 6.45) is 3.74. The van der Waals surface area contributed by atoms with Crippen molar-refractivity contribution in [1.82, 2.24) is 20.4 Å². The molecule has 3 N–H and O–H groups in total. The fourth-order valence-corrected chi connectivity index (χ4v) is 7.57. The molecule has 5 heterocycles. The van der Waals surface area contributed by atoms with Crippen LogP contribution in [0.15, 0.2) is 39.8 Å². The third kappa shape index (κ3) is 6.20. The Balaban J connectivity index is 1.24. The lowest BCUT2D eigenvalue weighted by Crippen LogP contribution is -2.49. The van der Waals surface area contributed by atoms with Crippen LogP contribution in [0.1, 0.15) is 85.0 Å². The molecular formula is C38H45N7O4. The summed E-state index contributed by atoms with van der Waals surface area (Å²) in [5, 5.41) is 22.0. The normalized spacial score (nSPS) is 19.2. The summed E-state index contributed by atoms with van der Waals surface area (Å²) >= 11 is 0. The van der Waals surface area contributed by atoms with Gasteiger partial charge in [0.25, 0.3) is 5.91 Å². The number of aryl methyl sites for hydroxylation is 2. The molecule has 0 saturated carbocycles. The van der Waals surface area contributed by atoms with Crippen LogP contribution < -0.4 is 15.4 Å². The number of hydrogen-bond acceptors (Lipinski definition) is 9. The molecule has 1 amide bonds. The summed E-state index contributed by atoms with van der Waals surface area (Å²) in [6, 6.07) is 13.0. The van der Waals surface area contributed by atoms with Gasteiger partial charge in [0.05, 0.1) is 41.1 Å². The van der Waals surface area contributed by atoms with Crippen LogP contribution in [-0.4, -0.2) is 78.3 Å². The Morgan fingerprint density at radius 3 is 2.51 bits per heavy atom. The molecule has 4 aromatic rings. The topological polar surface area (TPSA) is 141 Å². The zero-order chi connectivity index (χ0) is 34.4. The summed E-state index contributed by atoms with van der Waals surface area (Å²) in [5.41, 5.74) is 6.34. The number of likely N-dealkylation sites (tertiary alicyclic amines) is 1. The van der Waals surface area contributed by atoms with Crippen molar-refractivity contribution in [3.63, 3.8) is 0 Å². The number of carbonyl (C=O) groups is 1. The van der Waals surface area contributed by atoms with Crippen molar-refractivity contribution in [2.75, 3.05) is 38.7 Å². The molecule has 256 valence electrons. The number of aliphatic imine (C=N–C) groups is 1. The largest absolute Gasteiger partial charge is 0.496 e. The van der Waals surface area contributed by atoms with Gasteiger partial charge in [-0.1, -0.05) is 5.16 Å². The van der Waals surface area contributed by atoms with Crippen LogP contribution in [0.2, 0.25) is 0 Å². The van der Waals surface area contributed by atoms with Crippen LogP contribution in [-0.2, 0) is 10.2 Å². The number of anilines is 1. The van der Waals surface area contributed by atoms with Gasteiger partial charge in [-0.2, -0.15) is 5.26 Å². The third-order valence-electron chi connectivity index (χ3n) is 10.4. The molecule has 0 spiro atoms. The van der Waals surface area contributed by atoms with E-state index in [1.165, 1.54) is 0 Å². The van der Waals surface area contributed by atoms with Gasteiger partial charge >= 0.3 is 0 Å². The van der Waals surface area contributed by atoms with Crippen LogP contribution >= 0.6 is 0 Å². The quantitative estimate of drug-likeness (QED) is 0.211. The molecular weight excluding hydrogens is 618 g/mol. The number of nitrogens with zero attached hydrogens (tertiary/aromatic N) is 4. The molecule has 49 heavy (non-hydrogen) atoms. The Morgan fingerprint density at radius 1 is 1.08 bits per heavy atom. The van der Waals surface area contributed by atoms with Gasteiger partial charge in [0.15, 0.2) is 0 Å². The molecule has 0 bridgehead atoms. The molecule has 3 aliphatic heterocycles. The first-order chi connectivity index (χ1) is 23.6. The van der Waals surface area contributed by atoms with E-state index in [1.54, 1.807) is 7.11 Å². The second kappa shape index (κ2) is 13.0. The molecule has 2 saturated heterocycles. The van der Waals surface area contributed by atoms with E-state index < -0.39 is 5.41 Å². The first-order valence-electron chi connectivity index (χ1n) is 17.3. The van der Waals surface area contributed by atoms with Crippen molar-refractivity contribution < 1.29 is 18.8 Å². The standard InChI is InChI=1S/C38H45N7O4/c1-21-33(22(2)49-44-21)30-18-31-29(19-32(30)47-6)34-35(40-23(3)41-36(34)43-31)24-15-25(17-26(16-24)38(4,5)20-39)37(46)42-27-7-11-45(12-8-27)28-9-13-48-14-10-28/h15-19,23,27-28,41,43H,7-14H2,1-6H3,(H,42,46). The SMILES string of the molecule is COc1cc2c3c([nH]c2cc1-c1c(C)noc1C)NC(C)N=C3c1cc(C(=O)NC2CCN(C3CCOCC3)CC2)cc(C(C)(C)C#N)c1. The van der Waals surface area contributed by atoms with Crippen molar-refractivity contribution in [2.24, 2.45) is 4.99 Å². The average molecular weight is 664 g/mol. The van der Waals surface area contributed by atoms with Crippen LogP contribution in [0.4, 0.5) is 5.82 Å². The highest BCUT2D eigenvalue weighted by atomic mass is 16.5. The predicted octanol–water partition coefficient (Wildman–Crippen LogP) is 6.23. The number of amides is 1. The minimum atomic E-state index is -0.825. The van der Waals surface area contributed by atoms with E-state index in [0.29, 0.717) is 23.1 Å². The molecule has 7 rings (SSSR count). The lowest BCUT2D eigenvalue weighted by atomic mass is 9.83. The summed E-state index contributed by atoms with van der Waals surface area (Å²) in [4.78, 5) is 25.2. The minimum absolute atomic E-state index is 0.0931. The number of fused-ring (bicyclic) bond motifs is 3. The van der Waals surface area contributed by atoms with E-state index in [2.05, 4.69) is 37.8 Å². The molecule has 2 aromatic carbocycles. The van der Waals surface area contributed by atoms with Gasteiger partial charge in [-0.05, 0) is 96.2 Å². The number of benzene rings is 2. The predicted molar refractivity (Wildman–Crippen MR) is 190 cm³/mol. The van der Waals surface area contributed by atoms with Crippen LogP contribution in [0, 0.1) is 25.2 Å². The van der Waals surface area contributed by atoms with Crippen LogP contribution in [0.3, 0.4) is 0 Å². The Bertz CT molecular complexity index is 1950. The molecule has 11 nitrogen and oxygen atoms in total. The Labute approximate surface area is 287 Å². The first kappa shape index (κ1) is 32.9. The summed E-state index contributed by atoms with van der Waals surface area (Å²) in [5.74, 6) is 2.10. The maximum atomic E-state index is 13.9. The summed E-state index contributed by atoms with van der Waals surface area (Å²) in [6.45, 7) is 13.2. The second-order valence-electron chi connectivity index (χ2n) is 14.1. The molecule has 1 unspecified atom stereocenters. The highest BCUT2D eigenvalue weighted by molar-refractivity contribution is 6.24. The van der Waals surface area contributed by atoms with Gasteiger partial charge in [0, 0.05) is 66.0 Å². The second-order valence-corrected chi connectivity index (χ2v) is 14.1. The molecule has 0 radical (unpaired) electrons. The van der Waals surface area contributed by atoms with Crippen molar-refractivity contribution in [2.45, 2.75) is 84.0 Å². The number of aromatic amines is 1. The maximum absolute atomic E-state index is 13.9. The molecule has 2 aromatic heterocycles. The van der Waals surface area contributed by atoms with E-state index in [4.69, 9.17) is 19.0 Å². The number of hydrogen-bond donors (Lipinski definition) is 3. The number of piperidine rings is 1. The van der Waals surface area contributed by atoms with E-state index >= 15 is 0 Å². The van der Waals surface area contributed by atoms with Gasteiger partial charge in [0.1, 0.15) is 23.5 Å². The van der Waals surface area contributed by atoms with Gasteiger partial charge in [-0.15, -0.1) is 0 Å². The number of methoxy groups -OCH3 is 1. The van der Waals surface area contributed by atoms with Crippen LogP contribution in [0.5, 0.6) is 5.75 Å². The van der Waals surface area contributed by atoms with Gasteiger partial charge in [-0.25, -0.2) is 0 Å². The minimum Gasteiger partial charge on any atom is -0.496 e. The third-order valence-corrected chi connectivity index (χ3v) is 10.4. The van der Waals surface area contributed by atoms with Gasteiger partial charge < -0.3 is 34.5 Å². The van der Waals surface area contributed by atoms with Gasteiger partial charge in [0.2, 0.25) is 0 Å². The zero-order valence-corrected chi connectivity index (χ0v) is 29.2. The number of nitriles is 1. The fraction of sp³-hybridized carbons (Fsp3) is 0.474. The van der Waals surface area contributed by atoms with Gasteiger partial charge in [-0.3, -0.25) is 9.79 Å². The number of H-pyrrole nitrogens is 1. The Morgan fingerprint density at radius 2 is 1.84 bits per heavy atom. The zero-order valence-electron chi connectivity index (χ0n) is 29.2. The number of rotatable bonds is 7. The van der Waals surface area contributed by atoms with E-state index in [1.807, 2.05) is 58.9 Å². The van der Waals surface area contributed by atoms with E-state index in [-0.39, 0.29) is 18.1 Å². The van der Waals surface area contributed by atoms with Crippen molar-refractivity contribution in [3.8, 4) is 22.9 Å². The van der Waals surface area contributed by atoms with E-state index in [0.717, 1.165) is 108 Å². The molecule has 3 aliphatic rings. The molecule has 0 aliphatic carbocycles. The smallest absolute Gasteiger partial charge is 0.251 e. The molecule has 2 fully saturated rings. The number of ether oxygens (including phenoxy) is 2. The highest BCUT2D eigenvalue weighted by Gasteiger charge is 2.31. The first-order valence-corrected chi connectivity index (χ1v) is 17.3. The lowest BCUT2D eigenvalue weighted by molar-refractivity contribution is 0.0238. The number of nitrogens with one attached hydrogen (secondary N) is 3. The van der Waals surface area contributed by atoms with Crippen LogP contribution in [0.25, 0.3) is 22.0 Å². The van der Waals surface area contributed by atoms with Crippen molar-refractivity contribution >= 4 is 28.3 Å². The maximum Gasteiger partial charge on any atom is 0.251 e. The lowest BCUT2D eigenvalue weighted by Gasteiger charge is -2.39. The number of aromatic nitrogens is 2. The molecule has 1 atom stereocenters. The summed E-state index contributed by atoms with van der Waals surface area (Å²) in [7, 11) is 1.66. The Hall–Kier alpha value is -4.66.